The van der Waals surface area contributed by atoms with E-state index in [4.69, 9.17) is 4.74 Å². The van der Waals surface area contributed by atoms with Crippen molar-refractivity contribution < 1.29 is 9.53 Å². The van der Waals surface area contributed by atoms with E-state index in [1.165, 1.54) is 22.5 Å². The van der Waals surface area contributed by atoms with E-state index in [2.05, 4.69) is 42.3 Å². The molecule has 1 heterocycles. The Morgan fingerprint density at radius 1 is 1.04 bits per heavy atom. The van der Waals surface area contributed by atoms with Gasteiger partial charge in [-0.25, -0.2) is 4.98 Å². The quantitative estimate of drug-likeness (QED) is 0.686. The number of ether oxygens (including phenoxy) is 1. The van der Waals surface area contributed by atoms with Crippen molar-refractivity contribution in [3.63, 3.8) is 0 Å². The van der Waals surface area contributed by atoms with E-state index in [1.807, 2.05) is 37.4 Å². The number of nitrogens with one attached hydrogen (secondary N) is 1. The molecule has 1 amide bonds. The zero-order valence-electron chi connectivity index (χ0n) is 15.4. The minimum absolute atomic E-state index is 0.0394. The van der Waals surface area contributed by atoms with Crippen molar-refractivity contribution in [2.24, 2.45) is 0 Å². The number of amides is 1. The molecule has 0 aliphatic rings. The number of benzene rings is 2. The molecule has 0 radical (unpaired) electrons. The Labute approximate surface area is 157 Å². The first kappa shape index (κ1) is 18.1. The molecule has 1 N–H and O–H groups in total. The molecule has 26 heavy (non-hydrogen) atoms. The predicted octanol–water partition coefficient (Wildman–Crippen LogP) is 5.06. The van der Waals surface area contributed by atoms with Crippen LogP contribution < -0.4 is 10.1 Å². The van der Waals surface area contributed by atoms with Gasteiger partial charge < -0.3 is 4.74 Å². The van der Waals surface area contributed by atoms with Crippen LogP contribution >= 0.6 is 11.3 Å². The largest absolute Gasteiger partial charge is 0.483 e. The van der Waals surface area contributed by atoms with Crippen molar-refractivity contribution in [3.8, 4) is 17.0 Å². The van der Waals surface area contributed by atoms with Crippen LogP contribution in [0.3, 0.4) is 0 Å². The van der Waals surface area contributed by atoms with Gasteiger partial charge in [0.1, 0.15) is 5.75 Å². The summed E-state index contributed by atoms with van der Waals surface area (Å²) in [5.74, 6) is 0.507. The van der Waals surface area contributed by atoms with E-state index < -0.39 is 0 Å². The number of hydrogen-bond donors (Lipinski definition) is 1. The predicted molar refractivity (Wildman–Crippen MR) is 107 cm³/mol. The summed E-state index contributed by atoms with van der Waals surface area (Å²) in [6.45, 7) is 8.08. The van der Waals surface area contributed by atoms with Crippen LogP contribution in [0.4, 0.5) is 5.13 Å². The molecule has 4 nitrogen and oxygen atoms in total. The van der Waals surface area contributed by atoms with Gasteiger partial charge in [-0.3, -0.25) is 10.1 Å². The number of aromatic nitrogens is 1. The van der Waals surface area contributed by atoms with Crippen LogP contribution in [-0.4, -0.2) is 17.5 Å². The van der Waals surface area contributed by atoms with Gasteiger partial charge in [0, 0.05) is 10.9 Å². The van der Waals surface area contributed by atoms with E-state index in [0.29, 0.717) is 5.13 Å². The highest BCUT2D eigenvalue weighted by Crippen LogP contribution is 2.28. The average Bonchev–Trinajstić information content (AvgIpc) is 3.04. The molecule has 0 spiro atoms. The average molecular weight is 366 g/mol. The van der Waals surface area contributed by atoms with Crippen molar-refractivity contribution in [1.82, 2.24) is 4.98 Å². The fourth-order valence-electron chi connectivity index (χ4n) is 2.73. The van der Waals surface area contributed by atoms with E-state index >= 15 is 0 Å². The highest BCUT2D eigenvalue weighted by molar-refractivity contribution is 7.14. The van der Waals surface area contributed by atoms with Crippen LogP contribution in [0.15, 0.2) is 41.8 Å². The minimum atomic E-state index is -0.216. The van der Waals surface area contributed by atoms with Gasteiger partial charge in [-0.15, -0.1) is 11.3 Å². The Morgan fingerprint density at radius 2 is 1.77 bits per heavy atom. The lowest BCUT2D eigenvalue weighted by atomic mass is 10.0. The van der Waals surface area contributed by atoms with Gasteiger partial charge in [0.2, 0.25) is 0 Å². The smallest absolute Gasteiger partial charge is 0.264 e. The molecular weight excluding hydrogens is 344 g/mol. The zero-order chi connectivity index (χ0) is 18.7. The molecule has 0 atom stereocenters. The molecule has 0 unspecified atom stereocenters. The topological polar surface area (TPSA) is 51.2 Å². The first-order valence-corrected chi connectivity index (χ1v) is 9.33. The number of carbonyl (C=O) groups is 1. The summed E-state index contributed by atoms with van der Waals surface area (Å²) < 4.78 is 5.62. The lowest BCUT2D eigenvalue weighted by Crippen LogP contribution is -2.20. The van der Waals surface area contributed by atoms with Crippen LogP contribution in [-0.2, 0) is 4.79 Å². The number of carbonyl (C=O) groups excluding carboxylic acids is 1. The summed E-state index contributed by atoms with van der Waals surface area (Å²) in [6, 6.07) is 12.2. The van der Waals surface area contributed by atoms with Crippen LogP contribution in [0.1, 0.15) is 22.3 Å². The lowest BCUT2D eigenvalue weighted by molar-refractivity contribution is -0.118. The first-order chi connectivity index (χ1) is 12.4. The molecule has 1 aromatic heterocycles. The third-order valence-electron chi connectivity index (χ3n) is 4.11. The zero-order valence-corrected chi connectivity index (χ0v) is 16.2. The maximum Gasteiger partial charge on any atom is 0.264 e. The number of anilines is 1. The van der Waals surface area contributed by atoms with Crippen LogP contribution in [0, 0.1) is 27.7 Å². The molecule has 0 bridgehead atoms. The molecule has 0 fully saturated rings. The van der Waals surface area contributed by atoms with E-state index in [9.17, 15) is 4.79 Å². The maximum absolute atomic E-state index is 12.2. The minimum Gasteiger partial charge on any atom is -0.483 e. The molecule has 3 rings (SSSR count). The number of hydrogen-bond acceptors (Lipinski definition) is 4. The van der Waals surface area contributed by atoms with Crippen molar-refractivity contribution >= 4 is 22.4 Å². The Kier molecular flexibility index (Phi) is 5.38. The second kappa shape index (κ2) is 7.70. The van der Waals surface area contributed by atoms with Crippen molar-refractivity contribution in [2.75, 3.05) is 11.9 Å². The molecule has 0 aliphatic heterocycles. The second-order valence-electron chi connectivity index (χ2n) is 6.46. The van der Waals surface area contributed by atoms with Gasteiger partial charge in [0.15, 0.2) is 11.7 Å². The number of aryl methyl sites for hydroxylation is 4. The number of thiazole rings is 1. The molecule has 5 heteroatoms. The Morgan fingerprint density at radius 3 is 2.54 bits per heavy atom. The van der Waals surface area contributed by atoms with Crippen LogP contribution in [0.5, 0.6) is 5.75 Å². The van der Waals surface area contributed by atoms with Crippen LogP contribution in [0.2, 0.25) is 0 Å². The fraction of sp³-hybridized carbons (Fsp3) is 0.238. The van der Waals surface area contributed by atoms with Gasteiger partial charge >= 0.3 is 0 Å². The number of rotatable bonds is 5. The molecule has 0 aliphatic carbocycles. The number of nitrogens with zero attached hydrogens (tertiary/aromatic N) is 1. The third kappa shape index (κ3) is 4.29. The van der Waals surface area contributed by atoms with E-state index in [1.54, 1.807) is 0 Å². The highest BCUT2D eigenvalue weighted by atomic mass is 32.1. The third-order valence-corrected chi connectivity index (χ3v) is 4.87. The van der Waals surface area contributed by atoms with Crippen molar-refractivity contribution in [1.29, 1.82) is 0 Å². The summed E-state index contributed by atoms with van der Waals surface area (Å²) >= 11 is 1.42. The summed E-state index contributed by atoms with van der Waals surface area (Å²) in [4.78, 5) is 16.7. The van der Waals surface area contributed by atoms with Gasteiger partial charge in [0.25, 0.3) is 5.91 Å². The summed E-state index contributed by atoms with van der Waals surface area (Å²) in [5, 5.41) is 5.35. The highest BCUT2D eigenvalue weighted by Gasteiger charge is 2.11. The van der Waals surface area contributed by atoms with Gasteiger partial charge in [-0.2, -0.15) is 0 Å². The standard InChI is InChI=1S/C21H22N2O2S/c1-13-6-8-19(16(4)9-13)25-11-20(24)23-21-22-18(12-26-21)17-10-14(2)5-7-15(17)3/h5-10,12H,11H2,1-4H3,(H,22,23,24). The molecule has 3 aromatic rings. The Hall–Kier alpha value is -2.66. The maximum atomic E-state index is 12.2. The Bertz CT molecular complexity index is 947. The van der Waals surface area contributed by atoms with E-state index in [0.717, 1.165) is 28.1 Å². The van der Waals surface area contributed by atoms with Crippen molar-refractivity contribution in [2.45, 2.75) is 27.7 Å². The Balaban J connectivity index is 1.63. The van der Waals surface area contributed by atoms with Gasteiger partial charge in [-0.1, -0.05) is 35.4 Å². The lowest BCUT2D eigenvalue weighted by Gasteiger charge is -2.09. The molecule has 0 saturated heterocycles. The van der Waals surface area contributed by atoms with Gasteiger partial charge in [-0.05, 0) is 51.0 Å². The van der Waals surface area contributed by atoms with Gasteiger partial charge in [0.05, 0.1) is 5.69 Å². The monoisotopic (exact) mass is 366 g/mol. The summed E-state index contributed by atoms with van der Waals surface area (Å²) in [5.41, 5.74) is 6.50. The van der Waals surface area contributed by atoms with Crippen LogP contribution in [0.25, 0.3) is 11.3 Å². The fourth-order valence-corrected chi connectivity index (χ4v) is 3.45. The van der Waals surface area contributed by atoms with Crippen molar-refractivity contribution in [3.05, 3.63) is 64.0 Å². The summed E-state index contributed by atoms with van der Waals surface area (Å²) in [6.07, 6.45) is 0. The second-order valence-corrected chi connectivity index (χ2v) is 7.32. The molecule has 0 saturated carbocycles. The SMILES string of the molecule is Cc1ccc(OCC(=O)Nc2nc(-c3cc(C)ccc3C)cs2)c(C)c1. The summed E-state index contributed by atoms with van der Waals surface area (Å²) in [7, 11) is 0. The normalized spacial score (nSPS) is 10.6. The molecule has 134 valence electrons. The molecule has 2 aromatic carbocycles. The molecular formula is C21H22N2O2S. The first-order valence-electron chi connectivity index (χ1n) is 8.45. The van der Waals surface area contributed by atoms with E-state index in [-0.39, 0.29) is 12.5 Å².